The molecule has 0 atom stereocenters. The molecule has 0 aliphatic carbocycles. The van der Waals surface area contributed by atoms with Crippen LogP contribution in [0.2, 0.25) is 0 Å². The number of amides is 1. The van der Waals surface area contributed by atoms with Gasteiger partial charge in [-0.05, 0) is 39.5 Å². The van der Waals surface area contributed by atoms with Crippen molar-refractivity contribution in [2.45, 2.75) is 39.2 Å². The lowest BCUT2D eigenvalue weighted by Gasteiger charge is -2.35. The maximum Gasteiger partial charge on any atom is 0.410 e. The topological polar surface area (TPSA) is 87.3 Å². The van der Waals surface area contributed by atoms with Crippen molar-refractivity contribution in [1.82, 2.24) is 14.8 Å². The van der Waals surface area contributed by atoms with Crippen molar-refractivity contribution >= 4 is 52.5 Å². The molecule has 2 fully saturated rings. The lowest BCUT2D eigenvalue weighted by Crippen LogP contribution is -2.51. The van der Waals surface area contributed by atoms with Gasteiger partial charge < -0.3 is 25.2 Å². The summed E-state index contributed by atoms with van der Waals surface area (Å²) < 4.78 is 5.45. The van der Waals surface area contributed by atoms with Gasteiger partial charge in [0.2, 0.25) is 0 Å². The Morgan fingerprint density at radius 2 is 1.86 bits per heavy atom. The first-order valence-corrected chi connectivity index (χ1v) is 10.9. The Morgan fingerprint density at radius 3 is 2.41 bits per heavy atom. The second-order valence-corrected chi connectivity index (χ2v) is 9.27. The third-order valence-electron chi connectivity index (χ3n) is 5.07. The van der Waals surface area contributed by atoms with Crippen LogP contribution < -0.4 is 10.6 Å². The van der Waals surface area contributed by atoms with Crippen LogP contribution in [0.1, 0.15) is 33.6 Å². The third kappa shape index (κ3) is 7.16. The summed E-state index contributed by atoms with van der Waals surface area (Å²) in [7, 11) is 0. The minimum atomic E-state index is -0.448. The number of aliphatic imine (C=N–C) groups is 1. The predicted octanol–water partition coefficient (Wildman–Crippen LogP) is 2.84. The number of hydrogen-bond acceptors (Lipinski definition) is 6. The number of hydrogen-bond donors (Lipinski definition) is 1. The van der Waals surface area contributed by atoms with Crippen molar-refractivity contribution in [2.24, 2.45) is 16.6 Å². The first kappa shape index (κ1) is 24.0. The zero-order chi connectivity index (χ0) is 20.1. The van der Waals surface area contributed by atoms with Crippen LogP contribution in [0.15, 0.2) is 16.6 Å². The number of likely N-dealkylation sites (tertiary alicyclic amines) is 1. The third-order valence-corrected chi connectivity index (χ3v) is 5.90. The van der Waals surface area contributed by atoms with E-state index in [0.29, 0.717) is 11.9 Å². The van der Waals surface area contributed by atoms with Gasteiger partial charge in [0.05, 0.1) is 0 Å². The fourth-order valence-corrected chi connectivity index (χ4v) is 4.14. The molecule has 0 radical (unpaired) electrons. The van der Waals surface area contributed by atoms with Crippen LogP contribution in [0.25, 0.3) is 0 Å². The minimum Gasteiger partial charge on any atom is -0.444 e. The summed E-state index contributed by atoms with van der Waals surface area (Å²) in [6, 6.07) is 0. The van der Waals surface area contributed by atoms with Gasteiger partial charge in [-0.2, -0.15) is 0 Å². The van der Waals surface area contributed by atoms with Gasteiger partial charge in [-0.1, -0.05) is 0 Å². The molecule has 29 heavy (non-hydrogen) atoms. The van der Waals surface area contributed by atoms with Crippen LogP contribution in [-0.4, -0.2) is 78.3 Å². The van der Waals surface area contributed by atoms with Crippen molar-refractivity contribution in [3.8, 4) is 0 Å². The molecule has 3 heterocycles. The highest BCUT2D eigenvalue weighted by atomic mass is 127. The predicted molar refractivity (Wildman–Crippen MR) is 128 cm³/mol. The van der Waals surface area contributed by atoms with Crippen molar-refractivity contribution < 1.29 is 9.53 Å². The number of anilines is 1. The smallest absolute Gasteiger partial charge is 0.410 e. The van der Waals surface area contributed by atoms with Crippen molar-refractivity contribution in [1.29, 1.82) is 0 Å². The van der Waals surface area contributed by atoms with E-state index in [1.165, 1.54) is 0 Å². The van der Waals surface area contributed by atoms with E-state index in [4.69, 9.17) is 10.5 Å². The maximum absolute atomic E-state index is 12.1. The van der Waals surface area contributed by atoms with Crippen LogP contribution in [-0.2, 0) is 4.74 Å². The average molecular weight is 536 g/mol. The fraction of sp³-hybridized carbons (Fsp3) is 0.737. The number of nitrogens with zero attached hydrogens (tertiary/aromatic N) is 5. The summed E-state index contributed by atoms with van der Waals surface area (Å²) in [5, 5.41) is 3.08. The van der Waals surface area contributed by atoms with E-state index >= 15 is 0 Å². The second kappa shape index (κ2) is 10.6. The number of ether oxygens (including phenoxy) is 1. The van der Waals surface area contributed by atoms with Gasteiger partial charge in [-0.15, -0.1) is 35.3 Å². The molecule has 2 aliphatic heterocycles. The quantitative estimate of drug-likeness (QED) is 0.363. The first-order chi connectivity index (χ1) is 13.3. The number of aromatic nitrogens is 1. The normalized spacial score (nSPS) is 19.1. The van der Waals surface area contributed by atoms with E-state index in [2.05, 4.69) is 19.8 Å². The van der Waals surface area contributed by atoms with Gasteiger partial charge in [0.15, 0.2) is 11.1 Å². The summed E-state index contributed by atoms with van der Waals surface area (Å²) >= 11 is 1.67. The molecule has 0 unspecified atom stereocenters. The number of piperazine rings is 1. The zero-order valence-electron chi connectivity index (χ0n) is 17.5. The van der Waals surface area contributed by atoms with E-state index in [-0.39, 0.29) is 30.1 Å². The standard InChI is InChI=1S/C19H32N6O2S.HI/c1-19(2,3)27-18(26)25-7-4-15(5-8-25)14-22-16(20)23-9-11-24(12-10-23)17-21-6-13-28-17;/h6,13,15H,4-5,7-12,14H2,1-3H3,(H2,20,22);1H. The first-order valence-electron chi connectivity index (χ1n) is 9.99. The lowest BCUT2D eigenvalue weighted by atomic mass is 9.97. The molecule has 10 heteroatoms. The number of carbonyl (C=O) groups excluding carboxylic acids is 1. The van der Waals surface area contributed by atoms with Gasteiger partial charge in [-0.25, -0.2) is 9.78 Å². The van der Waals surface area contributed by atoms with Crippen molar-refractivity contribution in [3.05, 3.63) is 11.6 Å². The fourth-order valence-electron chi connectivity index (χ4n) is 3.45. The highest BCUT2D eigenvalue weighted by Gasteiger charge is 2.27. The van der Waals surface area contributed by atoms with Gasteiger partial charge in [0, 0.05) is 57.4 Å². The van der Waals surface area contributed by atoms with E-state index < -0.39 is 5.60 Å². The molecule has 2 N–H and O–H groups in total. The lowest BCUT2D eigenvalue weighted by molar-refractivity contribution is 0.0187. The Labute approximate surface area is 194 Å². The number of nitrogens with two attached hydrogens (primary N) is 1. The highest BCUT2D eigenvalue weighted by molar-refractivity contribution is 14.0. The van der Waals surface area contributed by atoms with E-state index in [9.17, 15) is 4.79 Å². The number of carbonyl (C=O) groups is 1. The van der Waals surface area contributed by atoms with E-state index in [0.717, 1.165) is 63.8 Å². The van der Waals surface area contributed by atoms with Crippen molar-refractivity contribution in [2.75, 3.05) is 50.7 Å². The van der Waals surface area contributed by atoms with Gasteiger partial charge in [0.1, 0.15) is 5.60 Å². The van der Waals surface area contributed by atoms with Crippen LogP contribution in [0.5, 0.6) is 0 Å². The van der Waals surface area contributed by atoms with Crippen LogP contribution >= 0.6 is 35.3 Å². The molecule has 0 saturated carbocycles. The van der Waals surface area contributed by atoms with Crippen molar-refractivity contribution in [3.63, 3.8) is 0 Å². The number of guanidine groups is 1. The summed E-state index contributed by atoms with van der Waals surface area (Å²) in [6.45, 7) is 11.4. The molecule has 1 aromatic rings. The molecule has 2 aliphatic rings. The van der Waals surface area contributed by atoms with Crippen LogP contribution in [0.3, 0.4) is 0 Å². The molecule has 164 valence electrons. The number of halogens is 1. The largest absolute Gasteiger partial charge is 0.444 e. The van der Waals surface area contributed by atoms with Crippen LogP contribution in [0, 0.1) is 5.92 Å². The average Bonchev–Trinajstić information content (AvgIpc) is 3.20. The van der Waals surface area contributed by atoms with Gasteiger partial charge >= 0.3 is 6.09 Å². The zero-order valence-corrected chi connectivity index (χ0v) is 20.7. The van der Waals surface area contributed by atoms with E-state index in [1.54, 1.807) is 16.2 Å². The summed E-state index contributed by atoms with van der Waals surface area (Å²) in [5.41, 5.74) is 5.79. The molecule has 0 spiro atoms. The molecule has 1 amide bonds. The monoisotopic (exact) mass is 536 g/mol. The summed E-state index contributed by atoms with van der Waals surface area (Å²) in [5.74, 6) is 1.10. The molecule has 3 rings (SSSR count). The Bertz CT molecular complexity index is 663. The molecule has 8 nitrogen and oxygen atoms in total. The molecule has 0 bridgehead atoms. The maximum atomic E-state index is 12.1. The SMILES string of the molecule is CC(C)(C)OC(=O)N1CCC(CN=C(N)N2CCN(c3nccs3)CC2)CC1.I. The molecule has 0 aromatic carbocycles. The minimum absolute atomic E-state index is 0. The Morgan fingerprint density at radius 1 is 1.21 bits per heavy atom. The summed E-state index contributed by atoms with van der Waals surface area (Å²) in [6.07, 6.45) is 3.50. The Kier molecular flexibility index (Phi) is 8.80. The van der Waals surface area contributed by atoms with Gasteiger partial charge in [-0.3, -0.25) is 4.99 Å². The van der Waals surface area contributed by atoms with Gasteiger partial charge in [0.25, 0.3) is 0 Å². The Hall–Kier alpha value is -1.30. The number of rotatable bonds is 3. The Balaban J connectivity index is 0.00000300. The number of thiazole rings is 1. The van der Waals surface area contributed by atoms with Crippen LogP contribution in [0.4, 0.5) is 9.93 Å². The molecular weight excluding hydrogens is 503 g/mol. The second-order valence-electron chi connectivity index (χ2n) is 8.40. The number of piperidine rings is 1. The highest BCUT2D eigenvalue weighted by Crippen LogP contribution is 2.21. The molecule has 1 aromatic heterocycles. The van der Waals surface area contributed by atoms with E-state index in [1.807, 2.05) is 32.3 Å². The molecule has 2 saturated heterocycles. The summed E-state index contributed by atoms with van der Waals surface area (Å²) in [4.78, 5) is 27.4. The molecular formula is C19H33IN6O2S.